The highest BCUT2D eigenvalue weighted by Crippen LogP contribution is 2.26. The van der Waals surface area contributed by atoms with Crippen LogP contribution >= 0.6 is 15.9 Å². The molecule has 0 aliphatic heterocycles. The fraction of sp³-hybridized carbons (Fsp3) is 0.647. The normalized spacial score (nSPS) is 10.8. The molecular formula is C17H28BrNO. The predicted molar refractivity (Wildman–Crippen MR) is 90.1 cm³/mol. The SMILES string of the molecule is CCCCCCCCCCOc1ccc(CN)cc1Br. The van der Waals surface area contributed by atoms with Crippen LogP contribution in [-0.2, 0) is 6.54 Å². The Morgan fingerprint density at radius 2 is 1.65 bits per heavy atom. The molecular weight excluding hydrogens is 314 g/mol. The molecule has 2 nitrogen and oxygen atoms in total. The lowest BCUT2D eigenvalue weighted by Gasteiger charge is -2.09. The first kappa shape index (κ1) is 17.5. The molecule has 0 aliphatic rings. The number of halogens is 1. The Kier molecular flexibility index (Phi) is 9.77. The molecule has 1 aromatic carbocycles. The van der Waals surface area contributed by atoms with Gasteiger partial charge in [-0.25, -0.2) is 0 Å². The van der Waals surface area contributed by atoms with Gasteiger partial charge in [0, 0.05) is 6.54 Å². The van der Waals surface area contributed by atoms with Gasteiger partial charge in [0.25, 0.3) is 0 Å². The van der Waals surface area contributed by atoms with Crippen molar-refractivity contribution in [2.75, 3.05) is 6.61 Å². The second kappa shape index (κ2) is 11.2. The van der Waals surface area contributed by atoms with Gasteiger partial charge < -0.3 is 10.5 Å². The third kappa shape index (κ3) is 7.30. The van der Waals surface area contributed by atoms with Crippen LogP contribution in [0, 0.1) is 0 Å². The van der Waals surface area contributed by atoms with E-state index in [9.17, 15) is 0 Å². The fourth-order valence-electron chi connectivity index (χ4n) is 2.21. The zero-order valence-electron chi connectivity index (χ0n) is 12.7. The first-order valence-corrected chi connectivity index (χ1v) is 8.68. The molecule has 0 spiro atoms. The summed E-state index contributed by atoms with van der Waals surface area (Å²) in [5.41, 5.74) is 6.73. The number of benzene rings is 1. The van der Waals surface area contributed by atoms with Crippen LogP contribution in [-0.4, -0.2) is 6.61 Å². The second-order valence-corrected chi connectivity index (χ2v) is 6.15. The van der Waals surface area contributed by atoms with Crippen LogP contribution in [0.5, 0.6) is 5.75 Å². The number of hydrogen-bond acceptors (Lipinski definition) is 2. The number of unbranched alkanes of at least 4 members (excludes halogenated alkanes) is 7. The van der Waals surface area contributed by atoms with E-state index in [0.29, 0.717) is 6.54 Å². The summed E-state index contributed by atoms with van der Waals surface area (Å²) in [4.78, 5) is 0. The molecule has 0 aromatic heterocycles. The summed E-state index contributed by atoms with van der Waals surface area (Å²) in [6, 6.07) is 6.05. The van der Waals surface area contributed by atoms with Gasteiger partial charge in [0.05, 0.1) is 11.1 Å². The largest absolute Gasteiger partial charge is 0.492 e. The minimum atomic E-state index is 0.566. The number of ether oxygens (including phenoxy) is 1. The first-order chi connectivity index (χ1) is 9.77. The Bertz CT molecular complexity index is 368. The van der Waals surface area contributed by atoms with E-state index in [-0.39, 0.29) is 0 Å². The Morgan fingerprint density at radius 1 is 1.00 bits per heavy atom. The van der Waals surface area contributed by atoms with Crippen LogP contribution < -0.4 is 10.5 Å². The molecule has 0 amide bonds. The quantitative estimate of drug-likeness (QED) is 0.545. The zero-order valence-corrected chi connectivity index (χ0v) is 14.3. The highest BCUT2D eigenvalue weighted by molar-refractivity contribution is 9.10. The molecule has 0 aliphatic carbocycles. The molecule has 0 fully saturated rings. The fourth-order valence-corrected chi connectivity index (χ4v) is 2.75. The molecule has 0 unspecified atom stereocenters. The minimum Gasteiger partial charge on any atom is -0.492 e. The Morgan fingerprint density at radius 3 is 2.25 bits per heavy atom. The van der Waals surface area contributed by atoms with Crippen molar-refractivity contribution in [2.45, 2.75) is 64.8 Å². The van der Waals surface area contributed by atoms with Crippen LogP contribution in [0.3, 0.4) is 0 Å². The molecule has 0 heterocycles. The van der Waals surface area contributed by atoms with Crippen molar-refractivity contribution in [2.24, 2.45) is 5.73 Å². The standard InChI is InChI=1S/C17H28BrNO/c1-2-3-4-5-6-7-8-9-12-20-17-11-10-15(14-19)13-16(17)18/h10-11,13H,2-9,12,14,19H2,1H3. The van der Waals surface area contributed by atoms with Crippen LogP contribution in [0.2, 0.25) is 0 Å². The van der Waals surface area contributed by atoms with Gasteiger partial charge in [-0.15, -0.1) is 0 Å². The highest BCUT2D eigenvalue weighted by atomic mass is 79.9. The van der Waals surface area contributed by atoms with Crippen molar-refractivity contribution >= 4 is 15.9 Å². The summed E-state index contributed by atoms with van der Waals surface area (Å²) >= 11 is 3.53. The summed E-state index contributed by atoms with van der Waals surface area (Å²) < 4.78 is 6.79. The van der Waals surface area contributed by atoms with Gasteiger partial charge in [-0.05, 0) is 40.0 Å². The van der Waals surface area contributed by atoms with Crippen molar-refractivity contribution in [3.05, 3.63) is 28.2 Å². The van der Waals surface area contributed by atoms with Crippen LogP contribution in [0.25, 0.3) is 0 Å². The van der Waals surface area contributed by atoms with E-state index in [4.69, 9.17) is 10.5 Å². The molecule has 1 aromatic rings. The van der Waals surface area contributed by atoms with E-state index in [1.807, 2.05) is 18.2 Å². The lowest BCUT2D eigenvalue weighted by molar-refractivity contribution is 0.302. The summed E-state index contributed by atoms with van der Waals surface area (Å²) in [5, 5.41) is 0. The summed E-state index contributed by atoms with van der Waals surface area (Å²) in [6.45, 7) is 3.63. The molecule has 2 N–H and O–H groups in total. The van der Waals surface area contributed by atoms with Crippen LogP contribution in [0.15, 0.2) is 22.7 Å². The van der Waals surface area contributed by atoms with Gasteiger partial charge >= 0.3 is 0 Å². The number of rotatable bonds is 11. The summed E-state index contributed by atoms with van der Waals surface area (Å²) in [6.07, 6.45) is 10.6. The van der Waals surface area contributed by atoms with E-state index in [1.54, 1.807) is 0 Å². The zero-order chi connectivity index (χ0) is 14.6. The Labute approximate surface area is 132 Å². The maximum absolute atomic E-state index is 5.79. The van der Waals surface area contributed by atoms with Crippen LogP contribution in [0.1, 0.15) is 63.9 Å². The smallest absolute Gasteiger partial charge is 0.133 e. The molecule has 0 atom stereocenters. The lowest BCUT2D eigenvalue weighted by atomic mass is 10.1. The van der Waals surface area contributed by atoms with Gasteiger partial charge in [0.2, 0.25) is 0 Å². The monoisotopic (exact) mass is 341 g/mol. The van der Waals surface area contributed by atoms with Gasteiger partial charge in [0.1, 0.15) is 5.75 Å². The molecule has 20 heavy (non-hydrogen) atoms. The van der Waals surface area contributed by atoms with E-state index < -0.39 is 0 Å². The molecule has 0 saturated carbocycles. The van der Waals surface area contributed by atoms with Crippen LogP contribution in [0.4, 0.5) is 0 Å². The average Bonchev–Trinajstić information content (AvgIpc) is 2.47. The van der Waals surface area contributed by atoms with Crippen molar-refractivity contribution in [1.29, 1.82) is 0 Å². The maximum Gasteiger partial charge on any atom is 0.133 e. The van der Waals surface area contributed by atoms with Gasteiger partial charge in [-0.2, -0.15) is 0 Å². The minimum absolute atomic E-state index is 0.566. The van der Waals surface area contributed by atoms with E-state index in [0.717, 1.165) is 28.8 Å². The third-order valence-corrected chi connectivity index (χ3v) is 4.11. The van der Waals surface area contributed by atoms with Gasteiger partial charge in [-0.3, -0.25) is 0 Å². The van der Waals surface area contributed by atoms with E-state index >= 15 is 0 Å². The highest BCUT2D eigenvalue weighted by Gasteiger charge is 2.01. The summed E-state index contributed by atoms with van der Waals surface area (Å²) in [5.74, 6) is 0.921. The second-order valence-electron chi connectivity index (χ2n) is 5.29. The van der Waals surface area contributed by atoms with E-state index in [2.05, 4.69) is 22.9 Å². The molecule has 0 bridgehead atoms. The predicted octanol–water partition coefficient (Wildman–Crippen LogP) is 5.43. The van der Waals surface area contributed by atoms with Crippen molar-refractivity contribution in [1.82, 2.24) is 0 Å². The van der Waals surface area contributed by atoms with Gasteiger partial charge in [0.15, 0.2) is 0 Å². The third-order valence-electron chi connectivity index (χ3n) is 3.49. The first-order valence-electron chi connectivity index (χ1n) is 7.89. The molecule has 0 radical (unpaired) electrons. The average molecular weight is 342 g/mol. The maximum atomic E-state index is 5.79. The van der Waals surface area contributed by atoms with Crippen molar-refractivity contribution < 1.29 is 4.74 Å². The van der Waals surface area contributed by atoms with Gasteiger partial charge in [-0.1, -0.05) is 57.9 Å². The molecule has 114 valence electrons. The van der Waals surface area contributed by atoms with E-state index in [1.165, 1.54) is 44.9 Å². The molecule has 0 saturated heterocycles. The van der Waals surface area contributed by atoms with Crippen molar-refractivity contribution in [3.8, 4) is 5.75 Å². The molecule has 3 heteroatoms. The topological polar surface area (TPSA) is 35.2 Å². The molecule has 1 rings (SSSR count). The van der Waals surface area contributed by atoms with Crippen molar-refractivity contribution in [3.63, 3.8) is 0 Å². The Balaban J connectivity index is 2.06. The number of nitrogens with two attached hydrogens (primary N) is 1. The summed E-state index contributed by atoms with van der Waals surface area (Å²) in [7, 11) is 0. The lowest BCUT2D eigenvalue weighted by Crippen LogP contribution is -2.00. The Hall–Kier alpha value is -0.540. The number of hydrogen-bond donors (Lipinski definition) is 1.